The maximum atomic E-state index is 12.7. The molecular weight excluding hydrogens is 508 g/mol. The van der Waals surface area contributed by atoms with Crippen molar-refractivity contribution in [2.24, 2.45) is 4.99 Å². The van der Waals surface area contributed by atoms with Crippen LogP contribution in [0.4, 0.5) is 5.13 Å². The standard InChI is InChI=1S/C32H32N2O4S/c1-20-7-10-22(11-8-20)27(35)13-9-21-15-24(30(36)25(16-21)32(2,3)4)18-33-31-34-26(19-39-31)23-12-14-28(37-5)29(17-23)38-6/h7-19,36H,1-6H3/b13-9+,33-18+. The summed E-state index contributed by atoms with van der Waals surface area (Å²) < 4.78 is 10.7. The lowest BCUT2D eigenvalue weighted by atomic mass is 9.84. The molecule has 3 aromatic carbocycles. The third-order valence-corrected chi connectivity index (χ3v) is 6.97. The van der Waals surface area contributed by atoms with Gasteiger partial charge in [-0.25, -0.2) is 9.98 Å². The quantitative estimate of drug-likeness (QED) is 0.140. The Morgan fingerprint density at radius 3 is 2.38 bits per heavy atom. The number of allylic oxidation sites excluding steroid dienone is 1. The Labute approximate surface area is 233 Å². The number of ketones is 1. The van der Waals surface area contributed by atoms with Crippen molar-refractivity contribution in [1.82, 2.24) is 4.98 Å². The molecular formula is C32H32N2O4S. The van der Waals surface area contributed by atoms with Gasteiger partial charge >= 0.3 is 0 Å². The SMILES string of the molecule is COc1ccc(-c2csc(/N=C/c3cc(/C=C/C(=O)c4ccc(C)cc4)cc(C(C)(C)C)c3O)n2)cc1OC. The summed E-state index contributed by atoms with van der Waals surface area (Å²) in [5.41, 5.74) is 5.16. The lowest BCUT2D eigenvalue weighted by Gasteiger charge is -2.22. The first kappa shape index (κ1) is 27.8. The number of carbonyl (C=O) groups is 1. The molecule has 39 heavy (non-hydrogen) atoms. The first-order valence-corrected chi connectivity index (χ1v) is 13.4. The van der Waals surface area contributed by atoms with Gasteiger partial charge in [0, 0.05) is 33.8 Å². The molecule has 0 atom stereocenters. The fourth-order valence-corrected chi connectivity index (χ4v) is 4.68. The summed E-state index contributed by atoms with van der Waals surface area (Å²) in [6.07, 6.45) is 4.94. The van der Waals surface area contributed by atoms with E-state index in [9.17, 15) is 9.90 Å². The second kappa shape index (κ2) is 11.7. The molecule has 0 spiro atoms. The maximum Gasteiger partial charge on any atom is 0.209 e. The minimum absolute atomic E-state index is 0.0823. The molecule has 0 saturated heterocycles. The molecule has 1 aromatic heterocycles. The van der Waals surface area contributed by atoms with Gasteiger partial charge in [-0.2, -0.15) is 0 Å². The van der Waals surface area contributed by atoms with Crippen LogP contribution in [-0.4, -0.2) is 36.3 Å². The van der Waals surface area contributed by atoms with Gasteiger partial charge in [0.05, 0.1) is 19.9 Å². The number of methoxy groups -OCH3 is 2. The molecule has 7 heteroatoms. The number of carbonyl (C=O) groups excluding carboxylic acids is 1. The Morgan fingerprint density at radius 1 is 1.00 bits per heavy atom. The minimum atomic E-state index is -0.320. The predicted molar refractivity (Wildman–Crippen MR) is 159 cm³/mol. The van der Waals surface area contributed by atoms with Gasteiger partial charge in [0.15, 0.2) is 17.3 Å². The Bertz CT molecular complexity index is 1540. The Hall–Kier alpha value is -4.23. The summed E-state index contributed by atoms with van der Waals surface area (Å²) in [5, 5.41) is 13.5. The second-order valence-electron chi connectivity index (χ2n) is 10.2. The number of aliphatic imine (C=N–C) groups is 1. The summed E-state index contributed by atoms with van der Waals surface area (Å²) in [6, 6.07) is 16.8. The zero-order valence-electron chi connectivity index (χ0n) is 23.0. The highest BCUT2D eigenvalue weighted by Crippen LogP contribution is 2.36. The lowest BCUT2D eigenvalue weighted by Crippen LogP contribution is -2.12. The predicted octanol–water partition coefficient (Wildman–Crippen LogP) is 7.79. The number of phenols is 1. The highest BCUT2D eigenvalue weighted by Gasteiger charge is 2.21. The molecule has 0 bridgehead atoms. The lowest BCUT2D eigenvalue weighted by molar-refractivity contribution is 0.104. The van der Waals surface area contributed by atoms with E-state index in [0.29, 0.717) is 27.8 Å². The van der Waals surface area contributed by atoms with Crippen LogP contribution in [0.2, 0.25) is 0 Å². The van der Waals surface area contributed by atoms with Crippen LogP contribution in [0.15, 0.2) is 71.0 Å². The number of thiazole rings is 1. The molecule has 0 aliphatic rings. The molecule has 0 aliphatic carbocycles. The summed E-state index contributed by atoms with van der Waals surface area (Å²) >= 11 is 1.40. The van der Waals surface area contributed by atoms with Gasteiger partial charge in [-0.15, -0.1) is 11.3 Å². The number of aromatic hydroxyl groups is 1. The van der Waals surface area contributed by atoms with E-state index in [-0.39, 0.29) is 16.9 Å². The van der Waals surface area contributed by atoms with Gasteiger partial charge in [-0.3, -0.25) is 4.79 Å². The minimum Gasteiger partial charge on any atom is -0.507 e. The van der Waals surface area contributed by atoms with Crippen molar-refractivity contribution in [3.8, 4) is 28.5 Å². The second-order valence-corrected chi connectivity index (χ2v) is 11.0. The van der Waals surface area contributed by atoms with Crippen molar-refractivity contribution < 1.29 is 19.4 Å². The van der Waals surface area contributed by atoms with Gasteiger partial charge in [-0.05, 0) is 54.3 Å². The van der Waals surface area contributed by atoms with E-state index in [0.717, 1.165) is 27.9 Å². The van der Waals surface area contributed by atoms with Crippen LogP contribution >= 0.6 is 11.3 Å². The first-order valence-electron chi connectivity index (χ1n) is 12.5. The first-order chi connectivity index (χ1) is 18.6. The number of phenolic OH excluding ortho intramolecular Hbond substituents is 1. The van der Waals surface area contributed by atoms with E-state index < -0.39 is 0 Å². The van der Waals surface area contributed by atoms with E-state index in [1.165, 1.54) is 11.3 Å². The molecule has 1 N–H and O–H groups in total. The molecule has 4 aromatic rings. The number of hydrogen-bond donors (Lipinski definition) is 1. The zero-order chi connectivity index (χ0) is 28.2. The fraction of sp³-hybridized carbons (Fsp3) is 0.219. The van der Waals surface area contributed by atoms with Crippen molar-refractivity contribution in [2.45, 2.75) is 33.1 Å². The number of rotatable bonds is 8. The number of aromatic nitrogens is 1. The van der Waals surface area contributed by atoms with Gasteiger partial charge in [0.1, 0.15) is 5.75 Å². The highest BCUT2D eigenvalue weighted by atomic mass is 32.1. The van der Waals surface area contributed by atoms with Crippen LogP contribution < -0.4 is 9.47 Å². The highest BCUT2D eigenvalue weighted by molar-refractivity contribution is 7.13. The van der Waals surface area contributed by atoms with Crippen LogP contribution in [0.5, 0.6) is 17.2 Å². The fourth-order valence-electron chi connectivity index (χ4n) is 4.01. The van der Waals surface area contributed by atoms with E-state index in [1.807, 2.05) is 87.7 Å². The van der Waals surface area contributed by atoms with E-state index in [4.69, 9.17) is 9.47 Å². The number of hydrogen-bond acceptors (Lipinski definition) is 7. The Morgan fingerprint density at radius 2 is 1.72 bits per heavy atom. The van der Waals surface area contributed by atoms with Crippen molar-refractivity contribution in [2.75, 3.05) is 14.2 Å². The molecule has 0 amide bonds. The molecule has 1 heterocycles. The number of ether oxygens (including phenoxy) is 2. The van der Waals surface area contributed by atoms with Crippen LogP contribution in [0.25, 0.3) is 17.3 Å². The third-order valence-electron chi connectivity index (χ3n) is 6.22. The molecule has 200 valence electrons. The molecule has 0 aliphatic heterocycles. The number of aryl methyl sites for hydroxylation is 1. The monoisotopic (exact) mass is 540 g/mol. The zero-order valence-corrected chi connectivity index (χ0v) is 23.8. The molecule has 0 fully saturated rings. The molecule has 4 rings (SSSR count). The summed E-state index contributed by atoms with van der Waals surface area (Å²) in [4.78, 5) is 21.9. The average molecular weight is 541 g/mol. The van der Waals surface area contributed by atoms with Gasteiger partial charge in [0.25, 0.3) is 0 Å². The summed E-state index contributed by atoms with van der Waals surface area (Å²) in [7, 11) is 3.19. The van der Waals surface area contributed by atoms with E-state index in [1.54, 1.807) is 32.6 Å². The largest absolute Gasteiger partial charge is 0.507 e. The third kappa shape index (κ3) is 6.62. The van der Waals surface area contributed by atoms with Crippen molar-refractivity contribution in [3.05, 3.63) is 93.9 Å². The van der Waals surface area contributed by atoms with Crippen molar-refractivity contribution in [1.29, 1.82) is 0 Å². The smallest absolute Gasteiger partial charge is 0.209 e. The van der Waals surface area contributed by atoms with Gasteiger partial charge in [-0.1, -0.05) is 56.7 Å². The maximum absolute atomic E-state index is 12.7. The van der Waals surface area contributed by atoms with Crippen LogP contribution in [0.1, 0.15) is 53.4 Å². The Balaban J connectivity index is 1.63. The Kier molecular flexibility index (Phi) is 8.31. The van der Waals surface area contributed by atoms with Gasteiger partial charge < -0.3 is 14.6 Å². The molecule has 0 saturated carbocycles. The van der Waals surface area contributed by atoms with Crippen molar-refractivity contribution >= 4 is 34.5 Å². The van der Waals surface area contributed by atoms with Crippen LogP contribution in [-0.2, 0) is 5.41 Å². The van der Waals surface area contributed by atoms with Crippen LogP contribution in [0.3, 0.4) is 0 Å². The summed E-state index contributed by atoms with van der Waals surface area (Å²) in [5.74, 6) is 1.35. The van der Waals surface area contributed by atoms with E-state index in [2.05, 4.69) is 9.98 Å². The average Bonchev–Trinajstić information content (AvgIpc) is 3.40. The topological polar surface area (TPSA) is 81.0 Å². The molecule has 0 radical (unpaired) electrons. The normalized spacial score (nSPS) is 11.8. The van der Waals surface area contributed by atoms with Crippen LogP contribution in [0, 0.1) is 6.92 Å². The van der Waals surface area contributed by atoms with E-state index >= 15 is 0 Å². The molecule has 0 unspecified atom stereocenters. The van der Waals surface area contributed by atoms with Gasteiger partial charge in [0.2, 0.25) is 5.13 Å². The summed E-state index contributed by atoms with van der Waals surface area (Å²) in [6.45, 7) is 8.08. The number of benzene rings is 3. The molecule has 6 nitrogen and oxygen atoms in total. The van der Waals surface area contributed by atoms with Crippen molar-refractivity contribution in [3.63, 3.8) is 0 Å². The number of nitrogens with zero attached hydrogens (tertiary/aromatic N) is 2.